The van der Waals surface area contributed by atoms with Crippen LogP contribution in [0, 0.1) is 5.92 Å². The van der Waals surface area contributed by atoms with Gasteiger partial charge in [-0.2, -0.15) is 0 Å². The van der Waals surface area contributed by atoms with E-state index < -0.39 is 10.0 Å². The zero-order valence-corrected chi connectivity index (χ0v) is 17.1. The molecule has 9 heteroatoms. The van der Waals surface area contributed by atoms with Crippen molar-refractivity contribution in [2.24, 2.45) is 5.92 Å². The molecule has 0 aromatic carbocycles. The number of likely N-dealkylation sites (tertiary alicyclic amines) is 1. The predicted molar refractivity (Wildman–Crippen MR) is 109 cm³/mol. The van der Waals surface area contributed by atoms with Crippen LogP contribution in [-0.4, -0.2) is 47.6 Å². The van der Waals surface area contributed by atoms with Crippen molar-refractivity contribution in [3.05, 3.63) is 58.3 Å². The monoisotopic (exact) mass is 416 g/mol. The van der Waals surface area contributed by atoms with Crippen LogP contribution in [0.2, 0.25) is 0 Å². The van der Waals surface area contributed by atoms with E-state index in [0.29, 0.717) is 31.7 Å². The molecule has 1 amide bonds. The molecule has 154 valence electrons. The highest BCUT2D eigenvalue weighted by molar-refractivity contribution is 7.92. The van der Waals surface area contributed by atoms with Crippen LogP contribution in [0.25, 0.3) is 0 Å². The molecule has 8 nitrogen and oxygen atoms in total. The summed E-state index contributed by atoms with van der Waals surface area (Å²) in [5.41, 5.74) is 1.04. The SMILES string of the molecule is CCCS(=O)(=O)Nc1ccc2n(c1=O)C[C@H]1C[C@@H]2CN(C(=O)c2ccccn2)C1. The highest BCUT2D eigenvalue weighted by Gasteiger charge is 2.37. The summed E-state index contributed by atoms with van der Waals surface area (Å²) >= 11 is 0. The van der Waals surface area contributed by atoms with Crippen LogP contribution in [0.5, 0.6) is 0 Å². The van der Waals surface area contributed by atoms with E-state index in [-0.39, 0.29) is 34.7 Å². The first-order chi connectivity index (χ1) is 13.9. The van der Waals surface area contributed by atoms with Crippen molar-refractivity contribution in [1.82, 2.24) is 14.5 Å². The molecule has 0 aliphatic carbocycles. The Bertz CT molecular complexity index is 1080. The molecule has 2 atom stereocenters. The largest absolute Gasteiger partial charge is 0.336 e. The Hall–Kier alpha value is -2.68. The van der Waals surface area contributed by atoms with Gasteiger partial charge in [0.2, 0.25) is 10.0 Å². The Morgan fingerprint density at radius 2 is 2.03 bits per heavy atom. The fourth-order valence-electron chi connectivity index (χ4n) is 4.33. The Labute approximate surface area is 169 Å². The van der Waals surface area contributed by atoms with Gasteiger partial charge in [0.25, 0.3) is 11.5 Å². The third-order valence-corrected chi connectivity index (χ3v) is 6.99. The molecule has 0 spiro atoms. The van der Waals surface area contributed by atoms with Crippen molar-refractivity contribution in [2.45, 2.75) is 32.2 Å². The number of anilines is 1. The number of hydrogen-bond acceptors (Lipinski definition) is 5. The molecule has 2 aliphatic heterocycles. The minimum Gasteiger partial charge on any atom is -0.336 e. The van der Waals surface area contributed by atoms with Crippen molar-refractivity contribution in [3.63, 3.8) is 0 Å². The Morgan fingerprint density at radius 1 is 1.21 bits per heavy atom. The first-order valence-corrected chi connectivity index (χ1v) is 11.5. The summed E-state index contributed by atoms with van der Waals surface area (Å²) in [6.45, 7) is 3.33. The van der Waals surface area contributed by atoms with Gasteiger partial charge in [0, 0.05) is 37.4 Å². The van der Waals surface area contributed by atoms with Crippen molar-refractivity contribution in [3.8, 4) is 0 Å². The van der Waals surface area contributed by atoms with Crippen LogP contribution in [-0.2, 0) is 16.6 Å². The zero-order valence-electron chi connectivity index (χ0n) is 16.2. The lowest BCUT2D eigenvalue weighted by molar-refractivity contribution is 0.0589. The minimum atomic E-state index is -3.53. The van der Waals surface area contributed by atoms with E-state index in [0.717, 1.165) is 12.1 Å². The molecule has 0 saturated carbocycles. The van der Waals surface area contributed by atoms with Gasteiger partial charge in [-0.3, -0.25) is 19.3 Å². The molecule has 1 saturated heterocycles. The molecule has 2 aliphatic rings. The average molecular weight is 417 g/mol. The number of nitrogens with zero attached hydrogens (tertiary/aromatic N) is 3. The summed E-state index contributed by atoms with van der Waals surface area (Å²) in [7, 11) is -3.53. The molecular weight excluding hydrogens is 392 g/mol. The normalized spacial score (nSPS) is 20.8. The van der Waals surface area contributed by atoms with Crippen molar-refractivity contribution in [2.75, 3.05) is 23.6 Å². The number of rotatable bonds is 5. The van der Waals surface area contributed by atoms with E-state index in [1.165, 1.54) is 0 Å². The van der Waals surface area contributed by atoms with E-state index in [2.05, 4.69) is 9.71 Å². The lowest BCUT2D eigenvalue weighted by atomic mass is 9.83. The summed E-state index contributed by atoms with van der Waals surface area (Å²) in [4.78, 5) is 31.7. The summed E-state index contributed by atoms with van der Waals surface area (Å²) in [5, 5.41) is 0. The van der Waals surface area contributed by atoms with Crippen molar-refractivity contribution < 1.29 is 13.2 Å². The third kappa shape index (κ3) is 3.91. The van der Waals surface area contributed by atoms with Gasteiger partial charge in [0.1, 0.15) is 11.4 Å². The van der Waals surface area contributed by atoms with Gasteiger partial charge in [-0.15, -0.1) is 0 Å². The van der Waals surface area contributed by atoms with Gasteiger partial charge in [-0.1, -0.05) is 13.0 Å². The van der Waals surface area contributed by atoms with E-state index in [4.69, 9.17) is 0 Å². The predicted octanol–water partition coefficient (Wildman–Crippen LogP) is 1.65. The second kappa shape index (κ2) is 7.62. The molecule has 1 N–H and O–H groups in total. The molecule has 1 fully saturated rings. The third-order valence-electron chi connectivity index (χ3n) is 5.51. The first kappa shape index (κ1) is 19.6. The number of aromatic nitrogens is 2. The number of fused-ring (bicyclic) bond motifs is 4. The van der Waals surface area contributed by atoms with Crippen LogP contribution in [0.3, 0.4) is 0 Å². The first-order valence-electron chi connectivity index (χ1n) is 9.82. The van der Waals surface area contributed by atoms with Crippen molar-refractivity contribution >= 4 is 21.6 Å². The average Bonchev–Trinajstić information content (AvgIpc) is 2.70. The van der Waals surface area contributed by atoms with Gasteiger partial charge in [-0.05, 0) is 43.0 Å². The number of hydrogen-bond donors (Lipinski definition) is 1. The number of amides is 1. The Morgan fingerprint density at radius 3 is 2.76 bits per heavy atom. The molecule has 2 aromatic rings. The van der Waals surface area contributed by atoms with Crippen molar-refractivity contribution in [1.29, 1.82) is 0 Å². The summed E-state index contributed by atoms with van der Waals surface area (Å²) in [6, 6.07) is 8.62. The lowest BCUT2D eigenvalue weighted by Crippen LogP contribution is -2.49. The van der Waals surface area contributed by atoms with E-state index in [1.54, 1.807) is 48.0 Å². The van der Waals surface area contributed by atoms with E-state index in [1.807, 2.05) is 4.90 Å². The number of carbonyl (C=O) groups excluding carboxylic acids is 1. The quantitative estimate of drug-likeness (QED) is 0.799. The van der Waals surface area contributed by atoms with Crippen LogP contribution in [0.1, 0.15) is 41.9 Å². The second-order valence-electron chi connectivity index (χ2n) is 7.73. The van der Waals surface area contributed by atoms with Gasteiger partial charge in [-0.25, -0.2) is 8.42 Å². The Kier molecular flexibility index (Phi) is 5.16. The highest BCUT2D eigenvalue weighted by atomic mass is 32.2. The molecule has 2 bridgehead atoms. The number of nitrogens with one attached hydrogen (secondary N) is 1. The molecule has 4 rings (SSSR count). The summed E-state index contributed by atoms with van der Waals surface area (Å²) < 4.78 is 28.2. The van der Waals surface area contributed by atoms with Gasteiger partial charge < -0.3 is 9.47 Å². The van der Waals surface area contributed by atoms with E-state index >= 15 is 0 Å². The maximum Gasteiger partial charge on any atom is 0.275 e. The zero-order chi connectivity index (χ0) is 20.6. The van der Waals surface area contributed by atoms with Gasteiger partial charge >= 0.3 is 0 Å². The van der Waals surface area contributed by atoms with Gasteiger partial charge in [0.05, 0.1) is 5.75 Å². The summed E-state index contributed by atoms with van der Waals surface area (Å²) in [5.74, 6) is 0.0719. The number of sulfonamides is 1. The maximum absolute atomic E-state index is 12.9. The molecule has 4 heterocycles. The topological polar surface area (TPSA) is 101 Å². The smallest absolute Gasteiger partial charge is 0.275 e. The lowest BCUT2D eigenvalue weighted by Gasteiger charge is -2.42. The fraction of sp³-hybridized carbons (Fsp3) is 0.450. The second-order valence-corrected chi connectivity index (χ2v) is 9.57. The molecule has 0 unspecified atom stereocenters. The number of pyridine rings is 2. The van der Waals surface area contributed by atoms with Crippen LogP contribution in [0.4, 0.5) is 5.69 Å². The van der Waals surface area contributed by atoms with Crippen LogP contribution >= 0.6 is 0 Å². The maximum atomic E-state index is 12.9. The Balaban J connectivity index is 1.59. The number of piperidine rings is 1. The minimum absolute atomic E-state index is 0.0238. The van der Waals surface area contributed by atoms with Crippen LogP contribution in [0.15, 0.2) is 41.3 Å². The van der Waals surface area contributed by atoms with Gasteiger partial charge in [0.15, 0.2) is 0 Å². The van der Waals surface area contributed by atoms with E-state index in [9.17, 15) is 18.0 Å². The summed E-state index contributed by atoms with van der Waals surface area (Å²) in [6.07, 6.45) is 2.99. The standard InChI is InChI=1S/C20H24N4O4S/c1-2-9-29(27,28)22-17-6-7-18-15-10-14(12-24(18)20(17)26)11-23(13-15)19(25)16-5-3-4-8-21-16/h3-8,14-15,22H,2,9-13H2,1H3/t14-,15+/m0/s1. The molecule has 0 radical (unpaired) electrons. The highest BCUT2D eigenvalue weighted by Crippen LogP contribution is 2.35. The van der Waals surface area contributed by atoms with Crippen LogP contribution < -0.4 is 10.3 Å². The molecule has 29 heavy (non-hydrogen) atoms. The molecule has 2 aromatic heterocycles. The number of carbonyl (C=O) groups is 1. The molecular formula is C20H24N4O4S. The fourth-order valence-corrected chi connectivity index (χ4v) is 5.46.